The van der Waals surface area contributed by atoms with Crippen molar-refractivity contribution in [3.8, 4) is 11.5 Å². The van der Waals surface area contributed by atoms with Crippen molar-refractivity contribution in [3.05, 3.63) is 42.0 Å². The van der Waals surface area contributed by atoms with E-state index in [0.29, 0.717) is 30.4 Å². The van der Waals surface area contributed by atoms with Crippen LogP contribution < -0.4 is 14.8 Å². The summed E-state index contributed by atoms with van der Waals surface area (Å²) in [5, 5.41) is 6.68. The smallest absolute Gasteiger partial charge is 0.378 e. The third-order valence-electron chi connectivity index (χ3n) is 3.98. The first-order chi connectivity index (χ1) is 13.6. The quantitative estimate of drug-likeness (QED) is 0.672. The standard InChI is InChI=1S/C18H17N5O5/c1-11-5-6-19-18-21-16(22-23(11)18)17(25)28-10-15(24)20-12-3-4-13-14(9-12)27-8-2-7-26-13/h3-6,9H,2,7-8,10H2,1H3,(H,20,24). The number of carbonyl (C=O) groups excluding carboxylic acids is 2. The molecule has 28 heavy (non-hydrogen) atoms. The fourth-order valence-electron chi connectivity index (χ4n) is 2.63. The summed E-state index contributed by atoms with van der Waals surface area (Å²) in [6.07, 6.45) is 2.36. The Hall–Kier alpha value is -3.69. The largest absolute Gasteiger partial charge is 0.490 e. The van der Waals surface area contributed by atoms with Crippen LogP contribution in [0, 0.1) is 6.92 Å². The van der Waals surface area contributed by atoms with Gasteiger partial charge in [0.15, 0.2) is 18.1 Å². The van der Waals surface area contributed by atoms with E-state index in [4.69, 9.17) is 14.2 Å². The molecule has 2 aromatic heterocycles. The van der Waals surface area contributed by atoms with Crippen molar-refractivity contribution in [1.29, 1.82) is 0 Å². The van der Waals surface area contributed by atoms with Gasteiger partial charge in [-0.2, -0.15) is 4.98 Å². The van der Waals surface area contributed by atoms with Gasteiger partial charge in [-0.25, -0.2) is 14.3 Å². The Balaban J connectivity index is 1.36. The van der Waals surface area contributed by atoms with Gasteiger partial charge in [-0.05, 0) is 25.1 Å². The minimum absolute atomic E-state index is 0.162. The van der Waals surface area contributed by atoms with E-state index in [0.717, 1.165) is 12.1 Å². The van der Waals surface area contributed by atoms with E-state index in [9.17, 15) is 9.59 Å². The summed E-state index contributed by atoms with van der Waals surface area (Å²) in [4.78, 5) is 32.2. The maximum atomic E-state index is 12.1. The number of rotatable bonds is 4. The van der Waals surface area contributed by atoms with E-state index in [-0.39, 0.29) is 11.6 Å². The summed E-state index contributed by atoms with van der Waals surface area (Å²) >= 11 is 0. The monoisotopic (exact) mass is 383 g/mol. The van der Waals surface area contributed by atoms with E-state index in [2.05, 4.69) is 20.4 Å². The van der Waals surface area contributed by atoms with Crippen LogP contribution in [0.15, 0.2) is 30.5 Å². The molecule has 0 aliphatic carbocycles. The summed E-state index contributed by atoms with van der Waals surface area (Å²) in [6, 6.07) is 6.81. The lowest BCUT2D eigenvalue weighted by atomic mass is 10.2. The number of aryl methyl sites for hydroxylation is 1. The molecule has 0 bridgehead atoms. The molecule has 0 unspecified atom stereocenters. The Kier molecular flexibility index (Phi) is 4.75. The fraction of sp³-hybridized carbons (Fsp3) is 0.278. The van der Waals surface area contributed by atoms with Gasteiger partial charge in [0, 0.05) is 30.1 Å². The predicted octanol–water partition coefficient (Wildman–Crippen LogP) is 1.39. The highest BCUT2D eigenvalue weighted by Crippen LogP contribution is 2.32. The number of carbonyl (C=O) groups is 2. The molecule has 0 saturated heterocycles. The Morgan fingerprint density at radius 3 is 2.86 bits per heavy atom. The van der Waals surface area contributed by atoms with Crippen molar-refractivity contribution in [3.63, 3.8) is 0 Å². The highest BCUT2D eigenvalue weighted by atomic mass is 16.5. The van der Waals surface area contributed by atoms with Gasteiger partial charge in [0.05, 0.1) is 13.2 Å². The maximum Gasteiger partial charge on any atom is 0.378 e. The molecule has 4 rings (SSSR count). The lowest BCUT2D eigenvalue weighted by Gasteiger charge is -2.10. The summed E-state index contributed by atoms with van der Waals surface area (Å²) < 4.78 is 17.5. The first-order valence-electron chi connectivity index (χ1n) is 8.65. The van der Waals surface area contributed by atoms with Crippen LogP contribution in [-0.4, -0.2) is 51.3 Å². The topological polar surface area (TPSA) is 117 Å². The number of ether oxygens (including phenoxy) is 3. The van der Waals surface area contributed by atoms with Crippen LogP contribution in [0.5, 0.6) is 11.5 Å². The molecule has 10 heteroatoms. The molecule has 3 aromatic rings. The fourth-order valence-corrected chi connectivity index (χ4v) is 2.63. The number of anilines is 1. The van der Waals surface area contributed by atoms with Gasteiger partial charge in [0.2, 0.25) is 0 Å². The van der Waals surface area contributed by atoms with Crippen LogP contribution in [0.1, 0.15) is 22.7 Å². The van der Waals surface area contributed by atoms with Crippen LogP contribution in [0.4, 0.5) is 5.69 Å². The molecule has 0 atom stereocenters. The first kappa shape index (κ1) is 17.7. The number of nitrogens with zero attached hydrogens (tertiary/aromatic N) is 4. The van der Waals surface area contributed by atoms with Crippen LogP contribution in [0.25, 0.3) is 5.78 Å². The second kappa shape index (κ2) is 7.51. The Labute approximate surface area is 159 Å². The molecule has 1 N–H and O–H groups in total. The van der Waals surface area contributed by atoms with Crippen molar-refractivity contribution < 1.29 is 23.8 Å². The molecule has 10 nitrogen and oxygen atoms in total. The maximum absolute atomic E-state index is 12.1. The van der Waals surface area contributed by atoms with Gasteiger partial charge < -0.3 is 19.5 Å². The zero-order chi connectivity index (χ0) is 19.5. The number of aromatic nitrogens is 4. The average Bonchev–Trinajstić information content (AvgIpc) is 3.00. The van der Waals surface area contributed by atoms with Crippen LogP contribution in [-0.2, 0) is 9.53 Å². The van der Waals surface area contributed by atoms with E-state index in [1.807, 2.05) is 0 Å². The van der Waals surface area contributed by atoms with Crippen molar-refractivity contribution in [2.75, 3.05) is 25.1 Å². The second-order valence-electron chi connectivity index (χ2n) is 6.07. The predicted molar refractivity (Wildman–Crippen MR) is 96.5 cm³/mol. The van der Waals surface area contributed by atoms with Gasteiger partial charge in [0.1, 0.15) is 0 Å². The highest BCUT2D eigenvalue weighted by molar-refractivity contribution is 5.94. The molecule has 0 saturated carbocycles. The molecule has 0 spiro atoms. The zero-order valence-electron chi connectivity index (χ0n) is 15.0. The second-order valence-corrected chi connectivity index (χ2v) is 6.07. The average molecular weight is 383 g/mol. The minimum atomic E-state index is -0.807. The number of nitrogens with one attached hydrogen (secondary N) is 1. The lowest BCUT2D eigenvalue weighted by Crippen LogP contribution is -2.21. The third-order valence-corrected chi connectivity index (χ3v) is 3.98. The van der Waals surface area contributed by atoms with Crippen molar-refractivity contribution in [2.45, 2.75) is 13.3 Å². The zero-order valence-corrected chi connectivity index (χ0v) is 15.0. The van der Waals surface area contributed by atoms with Gasteiger partial charge >= 0.3 is 5.97 Å². The summed E-state index contributed by atoms with van der Waals surface area (Å²) in [6.45, 7) is 2.46. The van der Waals surface area contributed by atoms with Gasteiger partial charge in [-0.3, -0.25) is 4.79 Å². The number of hydrogen-bond donors (Lipinski definition) is 1. The third kappa shape index (κ3) is 3.70. The highest BCUT2D eigenvalue weighted by Gasteiger charge is 2.18. The molecule has 0 fully saturated rings. The first-order valence-corrected chi connectivity index (χ1v) is 8.65. The van der Waals surface area contributed by atoms with Crippen molar-refractivity contribution in [1.82, 2.24) is 19.6 Å². The number of fused-ring (bicyclic) bond motifs is 2. The summed E-state index contributed by atoms with van der Waals surface area (Å²) in [5.74, 6) is 0.00113. The number of esters is 1. The molecular formula is C18H17N5O5. The summed E-state index contributed by atoms with van der Waals surface area (Å²) in [5.41, 5.74) is 1.28. The summed E-state index contributed by atoms with van der Waals surface area (Å²) in [7, 11) is 0. The van der Waals surface area contributed by atoms with Gasteiger partial charge in [0.25, 0.3) is 17.5 Å². The van der Waals surface area contributed by atoms with Crippen molar-refractivity contribution in [2.24, 2.45) is 0 Å². The minimum Gasteiger partial charge on any atom is -0.490 e. The van der Waals surface area contributed by atoms with E-state index >= 15 is 0 Å². The number of hydrogen-bond acceptors (Lipinski definition) is 8. The van der Waals surface area contributed by atoms with Gasteiger partial charge in [-0.1, -0.05) is 0 Å². The molecule has 3 heterocycles. The van der Waals surface area contributed by atoms with Crippen LogP contribution in [0.3, 0.4) is 0 Å². The molecular weight excluding hydrogens is 366 g/mol. The van der Waals surface area contributed by atoms with Crippen molar-refractivity contribution >= 4 is 23.3 Å². The Bertz CT molecular complexity index is 1050. The molecule has 144 valence electrons. The van der Waals surface area contributed by atoms with Crippen LogP contribution in [0.2, 0.25) is 0 Å². The van der Waals surface area contributed by atoms with E-state index in [1.165, 1.54) is 4.52 Å². The molecule has 1 aliphatic rings. The van der Waals surface area contributed by atoms with E-state index in [1.54, 1.807) is 37.4 Å². The lowest BCUT2D eigenvalue weighted by molar-refractivity contribution is -0.119. The van der Waals surface area contributed by atoms with Gasteiger partial charge in [-0.15, -0.1) is 5.10 Å². The van der Waals surface area contributed by atoms with Crippen LogP contribution >= 0.6 is 0 Å². The molecule has 0 radical (unpaired) electrons. The number of benzene rings is 1. The SMILES string of the molecule is Cc1ccnc2nc(C(=O)OCC(=O)Nc3ccc4c(c3)OCCCO4)nn12. The van der Waals surface area contributed by atoms with E-state index < -0.39 is 18.5 Å². The molecule has 1 amide bonds. The number of amides is 1. The molecule has 1 aromatic carbocycles. The molecule has 1 aliphatic heterocycles. The Morgan fingerprint density at radius 1 is 1.21 bits per heavy atom. The normalized spacial score (nSPS) is 13.0. The Morgan fingerprint density at radius 2 is 2.04 bits per heavy atom.